The molecule has 1 aromatic heterocycles. The van der Waals surface area contributed by atoms with Crippen molar-refractivity contribution in [1.29, 1.82) is 0 Å². The molecule has 1 heterocycles. The number of ether oxygens (including phenoxy) is 1. The van der Waals surface area contributed by atoms with Gasteiger partial charge in [0, 0.05) is 5.92 Å². The molecule has 21 heavy (non-hydrogen) atoms. The quantitative estimate of drug-likeness (QED) is 0.891. The van der Waals surface area contributed by atoms with Gasteiger partial charge in [-0.2, -0.15) is 0 Å². The highest BCUT2D eigenvalue weighted by molar-refractivity contribution is 7.15. The standard InChI is InChI=1S/C14H14FN3O2S/c15-10-3-5-11(6-4-10)20-8-7-12(19)16-14-18-17-13(21-14)9-1-2-9/h3-6,9H,1-2,7-8H2,(H,16,18,19). The Morgan fingerprint density at radius 3 is 2.81 bits per heavy atom. The molecule has 1 aromatic carbocycles. The Kier molecular flexibility index (Phi) is 4.10. The van der Waals surface area contributed by atoms with Crippen molar-refractivity contribution in [3.63, 3.8) is 0 Å². The van der Waals surface area contributed by atoms with Gasteiger partial charge in [-0.05, 0) is 37.1 Å². The van der Waals surface area contributed by atoms with Gasteiger partial charge in [-0.25, -0.2) is 4.39 Å². The number of carbonyl (C=O) groups is 1. The molecule has 0 unspecified atom stereocenters. The van der Waals surface area contributed by atoms with Crippen molar-refractivity contribution in [1.82, 2.24) is 10.2 Å². The molecule has 0 spiro atoms. The van der Waals surface area contributed by atoms with Crippen LogP contribution < -0.4 is 10.1 Å². The Bertz CT molecular complexity index is 625. The minimum atomic E-state index is -0.317. The molecular formula is C14H14FN3O2S. The number of hydrogen-bond acceptors (Lipinski definition) is 5. The van der Waals surface area contributed by atoms with Gasteiger partial charge in [0.2, 0.25) is 11.0 Å². The maximum absolute atomic E-state index is 12.7. The number of halogens is 1. The van der Waals surface area contributed by atoms with Crippen LogP contribution in [0.15, 0.2) is 24.3 Å². The minimum absolute atomic E-state index is 0.171. The Morgan fingerprint density at radius 1 is 1.33 bits per heavy atom. The van der Waals surface area contributed by atoms with Crippen LogP contribution in [0.2, 0.25) is 0 Å². The van der Waals surface area contributed by atoms with E-state index in [0.29, 0.717) is 16.8 Å². The topological polar surface area (TPSA) is 64.1 Å². The zero-order chi connectivity index (χ0) is 14.7. The van der Waals surface area contributed by atoms with Gasteiger partial charge in [-0.3, -0.25) is 4.79 Å². The second kappa shape index (κ2) is 6.17. The third-order valence-electron chi connectivity index (χ3n) is 3.03. The molecule has 1 N–H and O–H groups in total. The predicted octanol–water partition coefficient (Wildman–Crippen LogP) is 2.96. The van der Waals surface area contributed by atoms with E-state index in [4.69, 9.17) is 4.74 Å². The summed E-state index contributed by atoms with van der Waals surface area (Å²) in [4.78, 5) is 11.7. The van der Waals surface area contributed by atoms with E-state index in [1.165, 1.54) is 35.6 Å². The Balaban J connectivity index is 1.42. The number of nitrogens with one attached hydrogen (secondary N) is 1. The molecule has 1 amide bonds. The van der Waals surface area contributed by atoms with Crippen molar-refractivity contribution in [2.75, 3.05) is 11.9 Å². The monoisotopic (exact) mass is 307 g/mol. The number of rotatable bonds is 6. The SMILES string of the molecule is O=C(CCOc1ccc(F)cc1)Nc1nnc(C2CC2)s1. The van der Waals surface area contributed by atoms with E-state index < -0.39 is 0 Å². The van der Waals surface area contributed by atoms with Gasteiger partial charge in [0.15, 0.2) is 0 Å². The molecule has 0 saturated heterocycles. The van der Waals surface area contributed by atoms with E-state index in [1.807, 2.05) is 0 Å². The summed E-state index contributed by atoms with van der Waals surface area (Å²) in [5, 5.41) is 12.2. The van der Waals surface area contributed by atoms with Gasteiger partial charge in [-0.1, -0.05) is 11.3 Å². The van der Waals surface area contributed by atoms with Crippen molar-refractivity contribution in [3.05, 3.63) is 35.1 Å². The number of carbonyl (C=O) groups excluding carboxylic acids is 1. The van der Waals surface area contributed by atoms with Crippen LogP contribution >= 0.6 is 11.3 Å². The highest BCUT2D eigenvalue weighted by Gasteiger charge is 2.27. The summed E-state index contributed by atoms with van der Waals surface area (Å²) < 4.78 is 18.1. The molecule has 5 nitrogen and oxygen atoms in total. The zero-order valence-electron chi connectivity index (χ0n) is 11.2. The maximum Gasteiger partial charge on any atom is 0.229 e. The van der Waals surface area contributed by atoms with Gasteiger partial charge in [-0.15, -0.1) is 10.2 Å². The fraction of sp³-hybridized carbons (Fsp3) is 0.357. The first-order chi connectivity index (χ1) is 10.2. The Morgan fingerprint density at radius 2 is 2.10 bits per heavy atom. The van der Waals surface area contributed by atoms with E-state index in [1.54, 1.807) is 0 Å². The molecule has 0 radical (unpaired) electrons. The van der Waals surface area contributed by atoms with E-state index in [0.717, 1.165) is 17.8 Å². The summed E-state index contributed by atoms with van der Waals surface area (Å²) in [6.45, 7) is 0.228. The molecule has 2 aromatic rings. The Labute approximate surface area is 125 Å². The second-order valence-corrected chi connectivity index (χ2v) is 5.83. The van der Waals surface area contributed by atoms with Crippen molar-refractivity contribution in [2.45, 2.75) is 25.2 Å². The van der Waals surface area contributed by atoms with Crippen molar-refractivity contribution >= 4 is 22.4 Å². The van der Waals surface area contributed by atoms with Crippen molar-refractivity contribution in [3.8, 4) is 5.75 Å². The summed E-state index contributed by atoms with van der Waals surface area (Å²) in [6, 6.07) is 5.69. The second-order valence-electron chi connectivity index (χ2n) is 4.82. The molecule has 0 atom stereocenters. The van der Waals surface area contributed by atoms with Crippen LogP contribution in [0.5, 0.6) is 5.75 Å². The average molecular weight is 307 g/mol. The van der Waals surface area contributed by atoms with Crippen LogP contribution in [0.1, 0.15) is 30.2 Å². The summed E-state index contributed by atoms with van der Waals surface area (Å²) in [6.07, 6.45) is 2.53. The number of amides is 1. The van der Waals surface area contributed by atoms with Crippen molar-refractivity contribution in [2.24, 2.45) is 0 Å². The first-order valence-corrected chi connectivity index (χ1v) is 7.54. The minimum Gasteiger partial charge on any atom is -0.493 e. The van der Waals surface area contributed by atoms with Gasteiger partial charge >= 0.3 is 0 Å². The van der Waals surface area contributed by atoms with Crippen LogP contribution in [0, 0.1) is 5.82 Å². The molecule has 1 saturated carbocycles. The third-order valence-corrected chi connectivity index (χ3v) is 4.03. The van der Waals surface area contributed by atoms with Crippen LogP contribution in [-0.2, 0) is 4.79 Å². The molecule has 0 bridgehead atoms. The molecule has 7 heteroatoms. The van der Waals surface area contributed by atoms with Gasteiger partial charge < -0.3 is 10.1 Å². The summed E-state index contributed by atoms with van der Waals surface area (Å²) >= 11 is 1.43. The van der Waals surface area contributed by atoms with E-state index in [-0.39, 0.29) is 24.8 Å². The van der Waals surface area contributed by atoms with Crippen LogP contribution in [0.4, 0.5) is 9.52 Å². The highest BCUT2D eigenvalue weighted by atomic mass is 32.1. The molecule has 110 valence electrons. The molecule has 1 aliphatic carbocycles. The molecule has 1 aliphatic rings. The van der Waals surface area contributed by atoms with Gasteiger partial charge in [0.25, 0.3) is 0 Å². The maximum atomic E-state index is 12.7. The van der Waals surface area contributed by atoms with Gasteiger partial charge in [0.05, 0.1) is 13.0 Å². The highest BCUT2D eigenvalue weighted by Crippen LogP contribution is 2.42. The molecule has 1 fully saturated rings. The number of benzene rings is 1. The van der Waals surface area contributed by atoms with Crippen molar-refractivity contribution < 1.29 is 13.9 Å². The van der Waals surface area contributed by atoms with E-state index in [2.05, 4.69) is 15.5 Å². The first-order valence-electron chi connectivity index (χ1n) is 6.72. The molecule has 3 rings (SSSR count). The number of nitrogens with zero attached hydrogens (tertiary/aromatic N) is 2. The number of anilines is 1. The first kappa shape index (κ1) is 13.9. The fourth-order valence-electron chi connectivity index (χ4n) is 1.75. The fourth-order valence-corrected chi connectivity index (χ4v) is 2.68. The summed E-state index contributed by atoms with van der Waals surface area (Å²) in [5.74, 6) is 0.588. The number of aromatic nitrogens is 2. The van der Waals surface area contributed by atoms with Gasteiger partial charge in [0.1, 0.15) is 16.6 Å². The van der Waals surface area contributed by atoms with E-state index >= 15 is 0 Å². The van der Waals surface area contributed by atoms with Crippen LogP contribution in [0.3, 0.4) is 0 Å². The lowest BCUT2D eigenvalue weighted by molar-refractivity contribution is -0.116. The summed E-state index contributed by atoms with van der Waals surface area (Å²) in [5.41, 5.74) is 0. The smallest absolute Gasteiger partial charge is 0.229 e. The third kappa shape index (κ3) is 3.98. The summed E-state index contributed by atoms with van der Waals surface area (Å²) in [7, 11) is 0. The van der Waals surface area contributed by atoms with Crippen LogP contribution in [-0.4, -0.2) is 22.7 Å². The molecular weight excluding hydrogens is 293 g/mol. The lowest BCUT2D eigenvalue weighted by Crippen LogP contribution is -2.15. The van der Waals surface area contributed by atoms with Crippen LogP contribution in [0.25, 0.3) is 0 Å². The van der Waals surface area contributed by atoms with E-state index in [9.17, 15) is 9.18 Å². The average Bonchev–Trinajstić information content (AvgIpc) is 3.22. The predicted molar refractivity (Wildman–Crippen MR) is 77.0 cm³/mol. The molecule has 0 aliphatic heterocycles. The largest absolute Gasteiger partial charge is 0.493 e. The Hall–Kier alpha value is -2.02. The zero-order valence-corrected chi connectivity index (χ0v) is 12.0. The lowest BCUT2D eigenvalue weighted by Gasteiger charge is -2.05. The number of hydrogen-bond donors (Lipinski definition) is 1. The normalized spacial score (nSPS) is 14.0. The lowest BCUT2D eigenvalue weighted by atomic mass is 10.3.